The van der Waals surface area contributed by atoms with Crippen molar-refractivity contribution >= 4 is 40.9 Å². The van der Waals surface area contributed by atoms with Gasteiger partial charge in [0.05, 0.1) is 12.3 Å². The number of carbonyl (C=O) groups is 1. The molecule has 0 radical (unpaired) electrons. The standard InChI is InChI=1S/C17H11Cl2F7N4O4/c18-12(19)13(20)34-10-3-1-8(2-4-10)28-15(31)30-14-27-9(6-33-17(24,25)26)5-11(29-14)32-7-16(21,22)23/h1-5H,6-7H2,(H2,27,28,29,30,31). The minimum atomic E-state index is -5.05. The Morgan fingerprint density at radius 2 is 1.65 bits per heavy atom. The van der Waals surface area contributed by atoms with Crippen LogP contribution in [0, 0.1) is 0 Å². The molecule has 0 saturated heterocycles. The first kappa shape index (κ1) is 27.2. The van der Waals surface area contributed by atoms with E-state index in [0.29, 0.717) is 6.07 Å². The molecule has 2 amide bonds. The molecule has 0 fully saturated rings. The van der Waals surface area contributed by atoms with E-state index in [4.69, 9.17) is 23.2 Å². The zero-order valence-corrected chi connectivity index (χ0v) is 17.7. The van der Waals surface area contributed by atoms with E-state index in [0.717, 1.165) is 0 Å². The molecule has 1 heterocycles. The number of benzene rings is 1. The number of hydrogen-bond donors (Lipinski definition) is 2. The van der Waals surface area contributed by atoms with E-state index in [1.807, 2.05) is 5.32 Å². The summed E-state index contributed by atoms with van der Waals surface area (Å²) in [6, 6.07) is 3.35. The van der Waals surface area contributed by atoms with Crippen LogP contribution in [0.4, 0.5) is 47.2 Å². The molecule has 1 aromatic heterocycles. The van der Waals surface area contributed by atoms with Crippen molar-refractivity contribution in [2.75, 3.05) is 17.2 Å². The van der Waals surface area contributed by atoms with Gasteiger partial charge in [0.15, 0.2) is 11.1 Å². The minimum absolute atomic E-state index is 0.0330. The summed E-state index contributed by atoms with van der Waals surface area (Å²) in [7, 11) is 0. The molecule has 0 bridgehead atoms. The predicted octanol–water partition coefficient (Wildman–Crippen LogP) is 6.05. The Hall–Kier alpha value is -3.04. The zero-order valence-electron chi connectivity index (χ0n) is 16.2. The Labute approximate surface area is 195 Å². The molecular formula is C17H11Cl2F7N4O4. The number of hydrogen-bond acceptors (Lipinski definition) is 6. The molecule has 0 unspecified atom stereocenters. The van der Waals surface area contributed by atoms with E-state index < -0.39 is 59.8 Å². The summed E-state index contributed by atoms with van der Waals surface area (Å²) in [6.07, 6.45) is -9.81. The Morgan fingerprint density at radius 1 is 1.00 bits per heavy atom. The molecule has 0 atom stereocenters. The molecule has 2 rings (SSSR count). The second-order valence-corrected chi connectivity index (χ2v) is 6.85. The number of anilines is 2. The van der Waals surface area contributed by atoms with Crippen LogP contribution in [0.2, 0.25) is 0 Å². The van der Waals surface area contributed by atoms with Gasteiger partial charge in [-0.1, -0.05) is 23.2 Å². The summed E-state index contributed by atoms with van der Waals surface area (Å²) in [5, 5.41) is 4.29. The molecule has 17 heteroatoms. The molecule has 0 aliphatic heterocycles. The second-order valence-electron chi connectivity index (χ2n) is 5.90. The highest BCUT2D eigenvalue weighted by molar-refractivity contribution is 6.56. The highest BCUT2D eigenvalue weighted by atomic mass is 35.5. The van der Waals surface area contributed by atoms with E-state index in [9.17, 15) is 35.5 Å². The largest absolute Gasteiger partial charge is 0.522 e. The average molecular weight is 539 g/mol. The van der Waals surface area contributed by atoms with Gasteiger partial charge in [0.25, 0.3) is 0 Å². The molecule has 0 spiro atoms. The van der Waals surface area contributed by atoms with Crippen molar-refractivity contribution in [3.63, 3.8) is 0 Å². The van der Waals surface area contributed by atoms with Crippen LogP contribution in [-0.2, 0) is 11.3 Å². The van der Waals surface area contributed by atoms with E-state index in [1.54, 1.807) is 0 Å². The van der Waals surface area contributed by atoms with Crippen LogP contribution in [0.25, 0.3) is 0 Å². The normalized spacial score (nSPS) is 11.6. The van der Waals surface area contributed by atoms with Crippen LogP contribution in [-0.4, -0.2) is 35.1 Å². The van der Waals surface area contributed by atoms with Crippen molar-refractivity contribution in [2.24, 2.45) is 0 Å². The van der Waals surface area contributed by atoms with Crippen molar-refractivity contribution in [3.05, 3.63) is 46.5 Å². The van der Waals surface area contributed by atoms with Gasteiger partial charge in [-0.15, -0.1) is 13.2 Å². The number of urea groups is 1. The molecule has 0 saturated carbocycles. The number of amides is 2. The molecular weight excluding hydrogens is 528 g/mol. The Balaban J connectivity index is 2.10. The van der Waals surface area contributed by atoms with Gasteiger partial charge in [-0.3, -0.25) is 10.1 Å². The quantitative estimate of drug-likeness (QED) is 0.314. The number of rotatable bonds is 8. The predicted molar refractivity (Wildman–Crippen MR) is 104 cm³/mol. The summed E-state index contributed by atoms with van der Waals surface area (Å²) in [5.74, 6) is -1.48. The number of halogens is 9. The molecule has 1 aromatic carbocycles. The highest BCUT2D eigenvalue weighted by Gasteiger charge is 2.30. The first-order valence-corrected chi connectivity index (χ1v) is 9.30. The third-order valence-electron chi connectivity index (χ3n) is 3.22. The lowest BCUT2D eigenvalue weighted by atomic mass is 10.3. The summed E-state index contributed by atoms with van der Waals surface area (Å²) < 4.78 is 99.0. The SMILES string of the molecule is O=C(Nc1ccc(OC(F)=C(Cl)Cl)cc1)Nc1nc(COC(F)(F)F)cc(OCC(F)(F)F)n1. The first-order valence-electron chi connectivity index (χ1n) is 8.55. The third-order valence-corrected chi connectivity index (χ3v) is 3.51. The number of carbonyl (C=O) groups excluding carboxylic acids is 1. The molecule has 2 aromatic rings. The van der Waals surface area contributed by atoms with Crippen LogP contribution >= 0.6 is 23.2 Å². The van der Waals surface area contributed by atoms with Crippen molar-refractivity contribution < 1.29 is 49.7 Å². The molecule has 34 heavy (non-hydrogen) atoms. The van der Waals surface area contributed by atoms with E-state index >= 15 is 0 Å². The number of nitrogens with one attached hydrogen (secondary N) is 2. The molecule has 2 N–H and O–H groups in total. The van der Waals surface area contributed by atoms with Gasteiger partial charge in [-0.25, -0.2) is 9.78 Å². The zero-order chi connectivity index (χ0) is 25.5. The summed E-state index contributed by atoms with van der Waals surface area (Å²) >= 11 is 10.4. The third kappa shape index (κ3) is 10.3. The van der Waals surface area contributed by atoms with Gasteiger partial charge in [0.2, 0.25) is 11.8 Å². The van der Waals surface area contributed by atoms with Crippen molar-refractivity contribution in [1.29, 1.82) is 0 Å². The maximum atomic E-state index is 13.2. The monoisotopic (exact) mass is 538 g/mol. The smallest absolute Gasteiger partial charge is 0.468 e. The van der Waals surface area contributed by atoms with Crippen LogP contribution in [0.5, 0.6) is 11.6 Å². The number of nitrogens with zero attached hydrogens (tertiary/aromatic N) is 2. The number of aromatic nitrogens is 2. The van der Waals surface area contributed by atoms with Gasteiger partial charge < -0.3 is 14.8 Å². The second kappa shape index (κ2) is 11.4. The summed E-state index contributed by atoms with van der Waals surface area (Å²) in [4.78, 5) is 19.2. The van der Waals surface area contributed by atoms with Gasteiger partial charge in [0, 0.05) is 11.8 Å². The maximum Gasteiger partial charge on any atom is 0.522 e. The van der Waals surface area contributed by atoms with Crippen LogP contribution in [0.3, 0.4) is 0 Å². The highest BCUT2D eigenvalue weighted by Crippen LogP contribution is 2.24. The molecule has 0 aliphatic carbocycles. The number of alkyl halides is 6. The lowest BCUT2D eigenvalue weighted by Gasteiger charge is -2.13. The lowest BCUT2D eigenvalue weighted by molar-refractivity contribution is -0.330. The first-order chi connectivity index (χ1) is 15.7. The van der Waals surface area contributed by atoms with Crippen LogP contribution < -0.4 is 20.1 Å². The maximum absolute atomic E-state index is 13.2. The minimum Gasteiger partial charge on any atom is -0.468 e. The van der Waals surface area contributed by atoms with Crippen molar-refractivity contribution in [3.8, 4) is 11.6 Å². The van der Waals surface area contributed by atoms with E-state index in [2.05, 4.69) is 29.5 Å². The summed E-state index contributed by atoms with van der Waals surface area (Å²) in [6.45, 7) is -2.99. The Morgan fingerprint density at radius 3 is 2.21 bits per heavy atom. The van der Waals surface area contributed by atoms with Crippen LogP contribution in [0.1, 0.15) is 5.69 Å². The summed E-state index contributed by atoms with van der Waals surface area (Å²) in [5.41, 5.74) is -0.411. The molecule has 0 aliphatic rings. The van der Waals surface area contributed by atoms with Gasteiger partial charge in [-0.2, -0.15) is 22.5 Å². The topological polar surface area (TPSA) is 94.6 Å². The fraction of sp³-hybridized carbons (Fsp3) is 0.235. The average Bonchev–Trinajstić information content (AvgIpc) is 2.71. The lowest BCUT2D eigenvalue weighted by Crippen LogP contribution is -2.23. The van der Waals surface area contributed by atoms with E-state index in [-0.39, 0.29) is 11.4 Å². The Bertz CT molecular complexity index is 994. The van der Waals surface area contributed by atoms with Gasteiger partial charge in [0.1, 0.15) is 5.75 Å². The Kier molecular flexibility index (Phi) is 9.12. The number of ether oxygens (including phenoxy) is 3. The van der Waals surface area contributed by atoms with E-state index in [1.165, 1.54) is 24.3 Å². The fourth-order valence-electron chi connectivity index (χ4n) is 2.00. The van der Waals surface area contributed by atoms with Crippen LogP contribution in [0.15, 0.2) is 40.8 Å². The van der Waals surface area contributed by atoms with Gasteiger partial charge in [-0.05, 0) is 24.3 Å². The van der Waals surface area contributed by atoms with Gasteiger partial charge >= 0.3 is 24.6 Å². The molecule has 186 valence electrons. The molecule has 8 nitrogen and oxygen atoms in total. The fourth-order valence-corrected chi connectivity index (χ4v) is 2.08. The van der Waals surface area contributed by atoms with Crippen molar-refractivity contribution in [2.45, 2.75) is 19.1 Å². The van der Waals surface area contributed by atoms with Crippen molar-refractivity contribution in [1.82, 2.24) is 9.97 Å².